The Morgan fingerprint density at radius 1 is 1.15 bits per heavy atom. The number of amides is 2. The van der Waals surface area contributed by atoms with Crippen LogP contribution in [0.1, 0.15) is 17.3 Å². The fourth-order valence-corrected chi connectivity index (χ4v) is 3.69. The molecule has 1 aliphatic rings. The van der Waals surface area contributed by atoms with E-state index in [4.69, 9.17) is 4.74 Å². The largest absolute Gasteiger partial charge is 0.450 e. The van der Waals surface area contributed by atoms with Crippen LogP contribution in [0.3, 0.4) is 0 Å². The average molecular weight is 395 g/mol. The molecule has 0 saturated carbocycles. The van der Waals surface area contributed by atoms with Crippen molar-refractivity contribution in [2.75, 3.05) is 49.9 Å². The lowest BCUT2D eigenvalue weighted by molar-refractivity contribution is 0.0570. The first-order chi connectivity index (χ1) is 12.8. The van der Waals surface area contributed by atoms with Crippen LogP contribution in [0.2, 0.25) is 0 Å². The van der Waals surface area contributed by atoms with Crippen LogP contribution in [0, 0.1) is 0 Å². The molecule has 9 heteroatoms. The third-order valence-electron chi connectivity index (χ3n) is 4.19. The van der Waals surface area contributed by atoms with Gasteiger partial charge >= 0.3 is 6.09 Å². The molecule has 0 radical (unpaired) electrons. The van der Waals surface area contributed by atoms with Crippen LogP contribution in [-0.4, -0.2) is 75.8 Å². The van der Waals surface area contributed by atoms with E-state index in [1.54, 1.807) is 41.0 Å². The van der Waals surface area contributed by atoms with Crippen molar-refractivity contribution in [1.29, 1.82) is 0 Å². The van der Waals surface area contributed by atoms with E-state index in [9.17, 15) is 18.0 Å². The fourth-order valence-electron chi connectivity index (χ4n) is 2.81. The number of ether oxygens (including phenoxy) is 1. The number of carbonyl (C=O) groups is 2. The molecule has 1 aromatic carbocycles. The molecule has 0 N–H and O–H groups in total. The molecule has 1 aliphatic heterocycles. The topological polar surface area (TPSA) is 87.2 Å². The van der Waals surface area contributed by atoms with Crippen molar-refractivity contribution >= 4 is 27.7 Å². The monoisotopic (exact) mass is 395 g/mol. The number of piperazine rings is 1. The molecule has 2 rings (SSSR count). The highest BCUT2D eigenvalue weighted by Crippen LogP contribution is 2.19. The van der Waals surface area contributed by atoms with Crippen molar-refractivity contribution in [3.63, 3.8) is 0 Å². The molecule has 1 saturated heterocycles. The minimum Gasteiger partial charge on any atom is -0.450 e. The van der Waals surface area contributed by atoms with Gasteiger partial charge in [-0.05, 0) is 31.2 Å². The van der Waals surface area contributed by atoms with Crippen molar-refractivity contribution in [1.82, 2.24) is 9.80 Å². The maximum Gasteiger partial charge on any atom is 0.409 e. The molecule has 0 aliphatic carbocycles. The Kier molecular flexibility index (Phi) is 6.84. The van der Waals surface area contributed by atoms with Crippen LogP contribution in [0.25, 0.3) is 0 Å². The highest BCUT2D eigenvalue weighted by Gasteiger charge is 2.25. The molecular weight excluding hydrogens is 370 g/mol. The van der Waals surface area contributed by atoms with Gasteiger partial charge in [-0.15, -0.1) is 6.58 Å². The van der Waals surface area contributed by atoms with Crippen LogP contribution >= 0.6 is 0 Å². The molecule has 1 fully saturated rings. The molecule has 1 aromatic rings. The van der Waals surface area contributed by atoms with Gasteiger partial charge < -0.3 is 14.5 Å². The Hall–Kier alpha value is -2.55. The molecular formula is C18H25N3O5S. The van der Waals surface area contributed by atoms with E-state index in [2.05, 4.69) is 6.58 Å². The first-order valence-electron chi connectivity index (χ1n) is 8.67. The van der Waals surface area contributed by atoms with Crippen LogP contribution in [0.4, 0.5) is 10.5 Å². The molecule has 0 aromatic heterocycles. The summed E-state index contributed by atoms with van der Waals surface area (Å²) >= 11 is 0. The molecule has 0 bridgehead atoms. The summed E-state index contributed by atoms with van der Waals surface area (Å²) in [5.74, 6) is -0.153. The number of carbonyl (C=O) groups excluding carboxylic acids is 2. The third-order valence-corrected chi connectivity index (χ3v) is 5.35. The van der Waals surface area contributed by atoms with E-state index in [0.29, 0.717) is 44.0 Å². The zero-order valence-corrected chi connectivity index (χ0v) is 16.4. The van der Waals surface area contributed by atoms with Gasteiger partial charge in [-0.1, -0.05) is 6.08 Å². The maximum atomic E-state index is 12.6. The normalized spacial score (nSPS) is 14.6. The maximum absolute atomic E-state index is 12.6. The lowest BCUT2D eigenvalue weighted by Crippen LogP contribution is -2.50. The number of hydrogen-bond acceptors (Lipinski definition) is 5. The molecule has 1 heterocycles. The fraction of sp³-hybridized carbons (Fsp3) is 0.444. The number of rotatable bonds is 6. The highest BCUT2D eigenvalue weighted by molar-refractivity contribution is 7.92. The molecule has 8 nitrogen and oxygen atoms in total. The van der Waals surface area contributed by atoms with Gasteiger partial charge in [0.1, 0.15) is 0 Å². The first kappa shape index (κ1) is 20.8. The van der Waals surface area contributed by atoms with Gasteiger partial charge in [-0.3, -0.25) is 9.10 Å². The number of anilines is 1. The summed E-state index contributed by atoms with van der Waals surface area (Å²) in [5.41, 5.74) is 0.941. The van der Waals surface area contributed by atoms with Gasteiger partial charge in [0.25, 0.3) is 5.91 Å². The zero-order valence-electron chi connectivity index (χ0n) is 15.6. The second-order valence-electron chi connectivity index (χ2n) is 6.11. The van der Waals surface area contributed by atoms with Gasteiger partial charge in [0.15, 0.2) is 0 Å². The van der Waals surface area contributed by atoms with Crippen molar-refractivity contribution in [2.24, 2.45) is 0 Å². The van der Waals surface area contributed by atoms with E-state index < -0.39 is 10.0 Å². The van der Waals surface area contributed by atoms with E-state index >= 15 is 0 Å². The Morgan fingerprint density at radius 3 is 2.19 bits per heavy atom. The Bertz CT molecular complexity index is 784. The van der Waals surface area contributed by atoms with Gasteiger partial charge in [0, 0.05) is 31.7 Å². The van der Waals surface area contributed by atoms with Crippen molar-refractivity contribution < 1.29 is 22.7 Å². The standard InChI is InChI=1S/C18H25N3O5S/c1-4-10-21(27(3,24)25)16-8-6-15(7-9-16)17(22)19-11-13-20(14-12-19)18(23)26-5-2/h4,6-9H,1,5,10-14H2,2-3H3. The molecule has 2 amide bonds. The predicted molar refractivity (Wildman–Crippen MR) is 103 cm³/mol. The van der Waals surface area contributed by atoms with Crippen molar-refractivity contribution in [3.05, 3.63) is 42.5 Å². The highest BCUT2D eigenvalue weighted by atomic mass is 32.2. The summed E-state index contributed by atoms with van der Waals surface area (Å²) < 4.78 is 29.9. The van der Waals surface area contributed by atoms with Gasteiger partial charge in [0.2, 0.25) is 10.0 Å². The summed E-state index contributed by atoms with van der Waals surface area (Å²) in [6.45, 7) is 7.48. The molecule has 0 unspecified atom stereocenters. The molecule has 0 spiro atoms. The van der Waals surface area contributed by atoms with Crippen LogP contribution in [0.15, 0.2) is 36.9 Å². The molecule has 148 valence electrons. The number of hydrogen-bond donors (Lipinski definition) is 0. The van der Waals surface area contributed by atoms with Crippen LogP contribution in [-0.2, 0) is 14.8 Å². The summed E-state index contributed by atoms with van der Waals surface area (Å²) in [6.07, 6.45) is 2.26. The number of benzene rings is 1. The lowest BCUT2D eigenvalue weighted by Gasteiger charge is -2.34. The second-order valence-corrected chi connectivity index (χ2v) is 8.01. The van der Waals surface area contributed by atoms with Crippen LogP contribution < -0.4 is 4.31 Å². The number of sulfonamides is 1. The van der Waals surface area contributed by atoms with Crippen molar-refractivity contribution in [3.8, 4) is 0 Å². The van der Waals surface area contributed by atoms with E-state index in [-0.39, 0.29) is 18.5 Å². The average Bonchev–Trinajstić information content (AvgIpc) is 2.65. The Labute approximate surface area is 160 Å². The Morgan fingerprint density at radius 2 is 1.70 bits per heavy atom. The minimum atomic E-state index is -3.44. The van der Waals surface area contributed by atoms with Crippen molar-refractivity contribution in [2.45, 2.75) is 6.92 Å². The Balaban J connectivity index is 2.04. The first-order valence-corrected chi connectivity index (χ1v) is 10.5. The number of nitrogens with zero attached hydrogens (tertiary/aromatic N) is 3. The van der Waals surface area contributed by atoms with Gasteiger partial charge in [-0.25, -0.2) is 13.2 Å². The second kappa shape index (κ2) is 8.90. The summed E-state index contributed by atoms with van der Waals surface area (Å²) in [7, 11) is -3.44. The predicted octanol–water partition coefficient (Wildman–Crippen LogP) is 1.55. The third kappa shape index (κ3) is 5.22. The summed E-state index contributed by atoms with van der Waals surface area (Å²) in [4.78, 5) is 27.6. The van der Waals surface area contributed by atoms with Gasteiger partial charge in [-0.2, -0.15) is 0 Å². The van der Waals surface area contributed by atoms with E-state index in [0.717, 1.165) is 6.26 Å². The lowest BCUT2D eigenvalue weighted by atomic mass is 10.1. The summed E-state index contributed by atoms with van der Waals surface area (Å²) in [5, 5.41) is 0. The summed E-state index contributed by atoms with van der Waals surface area (Å²) in [6, 6.07) is 6.42. The molecule has 0 atom stereocenters. The van der Waals surface area contributed by atoms with Crippen LogP contribution in [0.5, 0.6) is 0 Å². The molecule has 27 heavy (non-hydrogen) atoms. The smallest absolute Gasteiger partial charge is 0.409 e. The quantitative estimate of drug-likeness (QED) is 0.682. The van der Waals surface area contributed by atoms with Gasteiger partial charge in [0.05, 0.1) is 25.1 Å². The zero-order chi connectivity index (χ0) is 20.0. The van der Waals surface area contributed by atoms with E-state index in [1.165, 1.54) is 10.4 Å². The minimum absolute atomic E-state index is 0.153. The van der Waals surface area contributed by atoms with E-state index in [1.807, 2.05) is 0 Å². The SMILES string of the molecule is C=CCN(c1ccc(C(=O)N2CCN(C(=O)OCC)CC2)cc1)S(C)(=O)=O.